The molecule has 2 heterocycles. The third-order valence-electron chi connectivity index (χ3n) is 3.51. The Hall–Kier alpha value is -1.06. The molecule has 0 radical (unpaired) electrons. The van der Waals surface area contributed by atoms with Crippen molar-refractivity contribution in [2.24, 2.45) is 5.41 Å². The maximum atomic E-state index is 12.1. The van der Waals surface area contributed by atoms with E-state index in [0.717, 1.165) is 19.5 Å². The lowest BCUT2D eigenvalue weighted by Gasteiger charge is -2.39. The Morgan fingerprint density at radius 3 is 2.81 bits per heavy atom. The van der Waals surface area contributed by atoms with Crippen LogP contribution in [0, 0.1) is 5.41 Å². The van der Waals surface area contributed by atoms with Crippen LogP contribution in [0.2, 0.25) is 0 Å². The number of hydrogen-bond donors (Lipinski definition) is 1. The van der Waals surface area contributed by atoms with E-state index in [9.17, 15) is 9.59 Å². The van der Waals surface area contributed by atoms with Crippen molar-refractivity contribution < 1.29 is 9.59 Å². The molecule has 0 spiro atoms. The molecule has 2 saturated heterocycles. The highest BCUT2D eigenvalue weighted by molar-refractivity contribution is 5.90. The summed E-state index contributed by atoms with van der Waals surface area (Å²) in [7, 11) is 0. The summed E-state index contributed by atoms with van der Waals surface area (Å²) in [6.07, 6.45) is 3.40. The van der Waals surface area contributed by atoms with E-state index in [1.807, 2.05) is 4.90 Å². The quantitative estimate of drug-likeness (QED) is 0.720. The Morgan fingerprint density at radius 2 is 2.25 bits per heavy atom. The van der Waals surface area contributed by atoms with Gasteiger partial charge < -0.3 is 10.2 Å². The second-order valence-electron chi connectivity index (χ2n) is 5.69. The van der Waals surface area contributed by atoms with E-state index in [1.165, 1.54) is 6.42 Å². The Morgan fingerprint density at radius 1 is 1.50 bits per heavy atom. The van der Waals surface area contributed by atoms with Gasteiger partial charge in [-0.05, 0) is 24.7 Å². The van der Waals surface area contributed by atoms with Crippen LogP contribution in [0.15, 0.2) is 0 Å². The van der Waals surface area contributed by atoms with Crippen molar-refractivity contribution in [2.75, 3.05) is 13.1 Å². The number of hydrogen-bond acceptors (Lipinski definition) is 2. The number of carbonyl (C=O) groups excluding carboxylic acids is 2. The molecule has 2 aliphatic heterocycles. The molecule has 4 nitrogen and oxygen atoms in total. The fourth-order valence-corrected chi connectivity index (χ4v) is 2.63. The van der Waals surface area contributed by atoms with Crippen LogP contribution >= 0.6 is 0 Å². The Balaban J connectivity index is 1.96. The van der Waals surface area contributed by atoms with Crippen molar-refractivity contribution in [3.8, 4) is 0 Å². The molecule has 90 valence electrons. The van der Waals surface area contributed by atoms with Gasteiger partial charge in [0.1, 0.15) is 6.04 Å². The molecule has 0 aromatic heterocycles. The summed E-state index contributed by atoms with van der Waals surface area (Å²) in [5.74, 6) is 0.119. The van der Waals surface area contributed by atoms with E-state index in [-0.39, 0.29) is 23.3 Å². The molecule has 2 rings (SSSR count). The second-order valence-corrected chi connectivity index (χ2v) is 5.69. The predicted molar refractivity (Wildman–Crippen MR) is 60.8 cm³/mol. The minimum atomic E-state index is -0.263. The highest BCUT2D eigenvalue weighted by atomic mass is 16.2. The summed E-state index contributed by atoms with van der Waals surface area (Å²) in [4.78, 5) is 25.1. The summed E-state index contributed by atoms with van der Waals surface area (Å²) >= 11 is 0. The van der Waals surface area contributed by atoms with Crippen molar-refractivity contribution in [3.05, 3.63) is 0 Å². The Kier molecular flexibility index (Phi) is 2.91. The van der Waals surface area contributed by atoms with E-state index in [4.69, 9.17) is 0 Å². The van der Waals surface area contributed by atoms with Gasteiger partial charge in [0.25, 0.3) is 0 Å². The number of nitrogens with one attached hydrogen (secondary N) is 1. The third kappa shape index (κ3) is 2.36. The summed E-state index contributed by atoms with van der Waals surface area (Å²) in [6.45, 7) is 6.05. The molecule has 0 bridgehead atoms. The van der Waals surface area contributed by atoms with E-state index in [1.54, 1.807) is 0 Å². The first kappa shape index (κ1) is 11.4. The zero-order valence-corrected chi connectivity index (χ0v) is 10.1. The van der Waals surface area contributed by atoms with Gasteiger partial charge in [0.2, 0.25) is 11.8 Å². The summed E-state index contributed by atoms with van der Waals surface area (Å²) < 4.78 is 0. The first-order valence-electron chi connectivity index (χ1n) is 6.06. The van der Waals surface area contributed by atoms with Crippen LogP contribution in [0.1, 0.15) is 39.5 Å². The minimum absolute atomic E-state index is 0.00891. The van der Waals surface area contributed by atoms with Gasteiger partial charge in [-0.25, -0.2) is 0 Å². The Bertz CT molecular complexity index is 312. The summed E-state index contributed by atoms with van der Waals surface area (Å²) in [5.41, 5.74) is 0.219. The fraction of sp³-hybridized carbons (Fsp3) is 0.833. The van der Waals surface area contributed by atoms with E-state index in [2.05, 4.69) is 19.2 Å². The molecule has 2 amide bonds. The number of amides is 2. The minimum Gasteiger partial charge on any atom is -0.344 e. The normalized spacial score (nSPS) is 29.0. The molecule has 2 fully saturated rings. The lowest BCUT2D eigenvalue weighted by Crippen LogP contribution is -2.50. The predicted octanol–water partition coefficient (Wildman–Crippen LogP) is 0.914. The molecule has 0 unspecified atom stereocenters. The average molecular weight is 224 g/mol. The molecule has 16 heavy (non-hydrogen) atoms. The van der Waals surface area contributed by atoms with Gasteiger partial charge in [-0.15, -0.1) is 0 Å². The number of piperidine rings is 1. The van der Waals surface area contributed by atoms with E-state index >= 15 is 0 Å². The maximum absolute atomic E-state index is 12.1. The van der Waals surface area contributed by atoms with Crippen LogP contribution < -0.4 is 5.32 Å². The molecule has 1 atom stereocenters. The van der Waals surface area contributed by atoms with Crippen LogP contribution in [-0.2, 0) is 9.59 Å². The fourth-order valence-electron chi connectivity index (χ4n) is 2.63. The van der Waals surface area contributed by atoms with E-state index < -0.39 is 0 Å². The standard InChI is InChI=1S/C12H20N2O2/c1-12(2)6-3-7-14(8-12)11(16)9-4-5-10(15)13-9/h9H,3-8H2,1-2H3,(H,13,15)/t9-/m0/s1. The van der Waals surface area contributed by atoms with Gasteiger partial charge in [-0.3, -0.25) is 9.59 Å². The van der Waals surface area contributed by atoms with Gasteiger partial charge >= 0.3 is 0 Å². The highest BCUT2D eigenvalue weighted by Crippen LogP contribution is 2.29. The van der Waals surface area contributed by atoms with Crippen molar-refractivity contribution in [1.82, 2.24) is 10.2 Å². The molecule has 0 aromatic carbocycles. The topological polar surface area (TPSA) is 49.4 Å². The van der Waals surface area contributed by atoms with Gasteiger partial charge in [-0.1, -0.05) is 13.8 Å². The molecule has 0 saturated carbocycles. The van der Waals surface area contributed by atoms with Crippen molar-refractivity contribution >= 4 is 11.8 Å². The Labute approximate surface area is 96.4 Å². The van der Waals surface area contributed by atoms with E-state index in [0.29, 0.717) is 12.8 Å². The molecule has 0 aliphatic carbocycles. The maximum Gasteiger partial charge on any atom is 0.245 e. The monoisotopic (exact) mass is 224 g/mol. The number of nitrogens with zero attached hydrogens (tertiary/aromatic N) is 1. The largest absolute Gasteiger partial charge is 0.344 e. The van der Waals surface area contributed by atoms with Crippen molar-refractivity contribution in [2.45, 2.75) is 45.6 Å². The zero-order valence-electron chi connectivity index (χ0n) is 10.1. The van der Waals surface area contributed by atoms with Crippen LogP contribution in [0.5, 0.6) is 0 Å². The molecule has 0 aromatic rings. The van der Waals surface area contributed by atoms with Crippen LogP contribution in [-0.4, -0.2) is 35.8 Å². The smallest absolute Gasteiger partial charge is 0.245 e. The zero-order chi connectivity index (χ0) is 11.8. The molecule has 1 N–H and O–H groups in total. The van der Waals surface area contributed by atoms with Crippen molar-refractivity contribution in [3.63, 3.8) is 0 Å². The van der Waals surface area contributed by atoms with Gasteiger partial charge in [0, 0.05) is 19.5 Å². The summed E-state index contributed by atoms with van der Waals surface area (Å²) in [6, 6.07) is -0.263. The number of carbonyl (C=O) groups is 2. The second kappa shape index (κ2) is 4.07. The number of rotatable bonds is 1. The first-order chi connectivity index (χ1) is 7.48. The van der Waals surface area contributed by atoms with Crippen molar-refractivity contribution in [1.29, 1.82) is 0 Å². The third-order valence-corrected chi connectivity index (χ3v) is 3.51. The molecule has 4 heteroatoms. The lowest BCUT2D eigenvalue weighted by molar-refractivity contribution is -0.137. The van der Waals surface area contributed by atoms with Crippen LogP contribution in [0.25, 0.3) is 0 Å². The van der Waals surface area contributed by atoms with Gasteiger partial charge in [0.05, 0.1) is 0 Å². The van der Waals surface area contributed by atoms with Crippen LogP contribution in [0.4, 0.5) is 0 Å². The van der Waals surface area contributed by atoms with Gasteiger partial charge in [0.15, 0.2) is 0 Å². The molecular weight excluding hydrogens is 204 g/mol. The van der Waals surface area contributed by atoms with Crippen LogP contribution in [0.3, 0.4) is 0 Å². The average Bonchev–Trinajstić information content (AvgIpc) is 2.62. The molecular formula is C12H20N2O2. The number of likely N-dealkylation sites (tertiary alicyclic amines) is 1. The molecule has 2 aliphatic rings. The highest BCUT2D eigenvalue weighted by Gasteiger charge is 2.35. The first-order valence-corrected chi connectivity index (χ1v) is 6.06. The SMILES string of the molecule is CC1(C)CCCN(C(=O)[C@@H]2CCC(=O)N2)C1. The lowest BCUT2D eigenvalue weighted by atomic mass is 9.84. The summed E-state index contributed by atoms with van der Waals surface area (Å²) in [5, 5.41) is 2.75. The van der Waals surface area contributed by atoms with Gasteiger partial charge in [-0.2, -0.15) is 0 Å².